The van der Waals surface area contributed by atoms with E-state index in [9.17, 15) is 0 Å². The molecule has 1 unspecified atom stereocenters. The second-order valence-electron chi connectivity index (χ2n) is 8.99. The van der Waals surface area contributed by atoms with E-state index in [2.05, 4.69) is 131 Å². The highest BCUT2D eigenvalue weighted by molar-refractivity contribution is 9.10. The molecule has 0 radical (unpaired) electrons. The minimum absolute atomic E-state index is 0.0662. The number of fused-ring (bicyclic) bond motifs is 2. The third-order valence-corrected chi connectivity index (χ3v) is 7.57. The van der Waals surface area contributed by atoms with Crippen molar-refractivity contribution in [1.82, 2.24) is 5.43 Å². The van der Waals surface area contributed by atoms with Crippen LogP contribution in [0.2, 0.25) is 0 Å². The Labute approximate surface area is 219 Å². The lowest BCUT2D eigenvalue weighted by atomic mass is 9.87. The molecule has 0 aromatic heterocycles. The van der Waals surface area contributed by atoms with Gasteiger partial charge in [-0.15, -0.1) is 0 Å². The van der Waals surface area contributed by atoms with Gasteiger partial charge in [-0.2, -0.15) is 0 Å². The maximum atomic E-state index is 5.96. The van der Waals surface area contributed by atoms with Crippen LogP contribution in [0.5, 0.6) is 0 Å². The molecule has 3 heteroatoms. The predicted molar refractivity (Wildman–Crippen MR) is 156 cm³/mol. The van der Waals surface area contributed by atoms with Crippen molar-refractivity contribution in [2.24, 2.45) is 5.84 Å². The van der Waals surface area contributed by atoms with E-state index < -0.39 is 0 Å². The summed E-state index contributed by atoms with van der Waals surface area (Å²) in [5.74, 6) is 5.96. The van der Waals surface area contributed by atoms with Crippen LogP contribution in [-0.4, -0.2) is 0 Å². The van der Waals surface area contributed by atoms with Crippen molar-refractivity contribution < 1.29 is 0 Å². The lowest BCUT2D eigenvalue weighted by molar-refractivity contribution is 0.637. The Morgan fingerprint density at radius 3 is 1.75 bits per heavy atom. The first-order valence-electron chi connectivity index (χ1n) is 12.1. The summed E-state index contributed by atoms with van der Waals surface area (Å²) in [7, 11) is 0. The molecule has 0 aliphatic heterocycles. The number of hydrazine groups is 1. The highest BCUT2D eigenvalue weighted by atomic mass is 79.9. The maximum absolute atomic E-state index is 5.96. The van der Waals surface area contributed by atoms with E-state index in [0.29, 0.717) is 0 Å². The van der Waals surface area contributed by atoms with Crippen LogP contribution in [-0.2, 0) is 0 Å². The Morgan fingerprint density at radius 2 is 1.08 bits per heavy atom. The normalized spacial score (nSPS) is 12.2. The Hall–Kier alpha value is -3.76. The molecule has 0 amide bonds. The van der Waals surface area contributed by atoms with E-state index >= 15 is 0 Å². The van der Waals surface area contributed by atoms with Gasteiger partial charge >= 0.3 is 0 Å². The molecule has 3 N–H and O–H groups in total. The van der Waals surface area contributed by atoms with E-state index in [0.717, 1.165) is 15.6 Å². The molecular formula is C33H25BrN2. The zero-order valence-electron chi connectivity index (χ0n) is 19.7. The number of benzene rings is 6. The van der Waals surface area contributed by atoms with Crippen molar-refractivity contribution in [2.45, 2.75) is 6.04 Å². The summed E-state index contributed by atoms with van der Waals surface area (Å²) in [6, 6.07) is 45.0. The number of nitrogens with two attached hydrogens (primary N) is 1. The number of halogens is 1. The summed E-state index contributed by atoms with van der Waals surface area (Å²) >= 11 is 3.89. The lowest BCUT2D eigenvalue weighted by Gasteiger charge is -2.19. The van der Waals surface area contributed by atoms with E-state index in [-0.39, 0.29) is 6.04 Å². The average molecular weight is 529 g/mol. The molecule has 0 spiro atoms. The summed E-state index contributed by atoms with van der Waals surface area (Å²) < 4.78 is 1.09. The molecular weight excluding hydrogens is 504 g/mol. The molecule has 2 nitrogen and oxygen atoms in total. The van der Waals surface area contributed by atoms with Gasteiger partial charge in [0.1, 0.15) is 0 Å². The quantitative estimate of drug-likeness (QED) is 0.173. The maximum Gasteiger partial charge on any atom is 0.0710 e. The molecule has 6 aromatic carbocycles. The monoisotopic (exact) mass is 528 g/mol. The number of hydrogen-bond donors (Lipinski definition) is 2. The summed E-state index contributed by atoms with van der Waals surface area (Å²) in [6.07, 6.45) is 0. The summed E-state index contributed by atoms with van der Waals surface area (Å²) in [5, 5.41) is 4.92. The number of nitrogens with one attached hydrogen (secondary N) is 1. The van der Waals surface area contributed by atoms with E-state index in [1.165, 1.54) is 43.8 Å². The van der Waals surface area contributed by atoms with Crippen molar-refractivity contribution in [3.05, 3.63) is 143 Å². The van der Waals surface area contributed by atoms with Gasteiger partial charge in [0.2, 0.25) is 0 Å². The second kappa shape index (κ2) is 9.71. The first-order chi connectivity index (χ1) is 17.7. The molecule has 6 rings (SSSR count). The highest BCUT2D eigenvalue weighted by Gasteiger charge is 2.18. The molecule has 0 aliphatic carbocycles. The van der Waals surface area contributed by atoms with Gasteiger partial charge in [-0.1, -0.05) is 137 Å². The minimum Gasteiger partial charge on any atom is -0.271 e. The summed E-state index contributed by atoms with van der Waals surface area (Å²) in [4.78, 5) is 0. The molecule has 0 aliphatic rings. The highest BCUT2D eigenvalue weighted by Crippen LogP contribution is 2.44. The van der Waals surface area contributed by atoms with Gasteiger partial charge in [-0.25, -0.2) is 5.43 Å². The molecule has 0 bridgehead atoms. The molecule has 36 heavy (non-hydrogen) atoms. The molecule has 0 fully saturated rings. The SMILES string of the molecule is NNC(c1ccccc1)c1ccc(-c2ccc3ccccc3c2-c2c(Br)ccc3ccccc23)cc1. The number of rotatable bonds is 5. The van der Waals surface area contributed by atoms with Gasteiger partial charge in [0.15, 0.2) is 0 Å². The van der Waals surface area contributed by atoms with Crippen molar-refractivity contribution >= 4 is 37.5 Å². The van der Waals surface area contributed by atoms with Gasteiger partial charge in [0.05, 0.1) is 6.04 Å². The van der Waals surface area contributed by atoms with Crippen LogP contribution in [0.1, 0.15) is 17.2 Å². The van der Waals surface area contributed by atoms with Crippen LogP contribution in [0.3, 0.4) is 0 Å². The lowest BCUT2D eigenvalue weighted by Crippen LogP contribution is -2.28. The van der Waals surface area contributed by atoms with Gasteiger partial charge < -0.3 is 0 Å². The summed E-state index contributed by atoms with van der Waals surface area (Å²) in [5.41, 5.74) is 10.1. The fraction of sp³-hybridized carbons (Fsp3) is 0.0303. The number of hydrogen-bond acceptors (Lipinski definition) is 2. The Morgan fingerprint density at radius 1 is 0.528 bits per heavy atom. The molecule has 6 aromatic rings. The van der Waals surface area contributed by atoms with Crippen LogP contribution in [0, 0.1) is 0 Å². The molecule has 0 heterocycles. The average Bonchev–Trinajstić information content (AvgIpc) is 2.94. The van der Waals surface area contributed by atoms with E-state index in [1.807, 2.05) is 18.2 Å². The molecule has 0 saturated heterocycles. The molecule has 174 valence electrons. The van der Waals surface area contributed by atoms with Crippen molar-refractivity contribution in [1.29, 1.82) is 0 Å². The third kappa shape index (κ3) is 4.02. The third-order valence-electron chi connectivity index (χ3n) is 6.91. The van der Waals surface area contributed by atoms with E-state index in [1.54, 1.807) is 0 Å². The van der Waals surface area contributed by atoms with E-state index in [4.69, 9.17) is 5.84 Å². The second-order valence-corrected chi connectivity index (χ2v) is 9.84. The zero-order chi connectivity index (χ0) is 24.5. The van der Waals surface area contributed by atoms with Crippen molar-refractivity contribution in [3.63, 3.8) is 0 Å². The van der Waals surface area contributed by atoms with Gasteiger partial charge in [0, 0.05) is 10.0 Å². The van der Waals surface area contributed by atoms with Gasteiger partial charge in [-0.05, 0) is 55.4 Å². The van der Waals surface area contributed by atoms with Crippen LogP contribution in [0.4, 0.5) is 0 Å². The first kappa shape index (κ1) is 22.7. The molecule has 1 atom stereocenters. The standard InChI is InChI=1S/C33H25BrN2/c34-30-21-19-23-9-5-7-13-28(23)32(30)31-27-12-6-4-8-22(27)18-20-29(31)24-14-16-26(17-15-24)33(36-35)25-10-2-1-3-11-25/h1-21,33,36H,35H2. The fourth-order valence-electron chi connectivity index (χ4n) is 5.17. The van der Waals surface area contributed by atoms with Crippen molar-refractivity contribution in [2.75, 3.05) is 0 Å². The Kier molecular flexibility index (Phi) is 6.12. The van der Waals surface area contributed by atoms with Crippen LogP contribution in [0.25, 0.3) is 43.8 Å². The van der Waals surface area contributed by atoms with Gasteiger partial charge in [0.25, 0.3) is 0 Å². The van der Waals surface area contributed by atoms with Crippen LogP contribution >= 0.6 is 15.9 Å². The van der Waals surface area contributed by atoms with Crippen LogP contribution < -0.4 is 11.3 Å². The largest absolute Gasteiger partial charge is 0.271 e. The fourth-order valence-corrected chi connectivity index (χ4v) is 5.71. The predicted octanol–water partition coefficient (Wildman–Crippen LogP) is 8.64. The van der Waals surface area contributed by atoms with Crippen molar-refractivity contribution in [3.8, 4) is 22.3 Å². The van der Waals surface area contributed by atoms with Gasteiger partial charge in [-0.3, -0.25) is 5.84 Å². The molecule has 0 saturated carbocycles. The Bertz CT molecular complexity index is 1670. The Balaban J connectivity index is 1.56. The topological polar surface area (TPSA) is 38.0 Å². The summed E-state index contributed by atoms with van der Waals surface area (Å²) in [6.45, 7) is 0. The smallest absolute Gasteiger partial charge is 0.0710 e. The first-order valence-corrected chi connectivity index (χ1v) is 12.8. The van der Waals surface area contributed by atoms with Crippen LogP contribution in [0.15, 0.2) is 132 Å². The zero-order valence-corrected chi connectivity index (χ0v) is 21.2. The minimum atomic E-state index is -0.0662.